The van der Waals surface area contributed by atoms with Gasteiger partial charge < -0.3 is 24.8 Å². The smallest absolute Gasteiger partial charge is 0.410 e. The Kier molecular flexibility index (Phi) is 7.62. The van der Waals surface area contributed by atoms with Gasteiger partial charge in [0.05, 0.1) is 12.0 Å². The van der Waals surface area contributed by atoms with Crippen molar-refractivity contribution >= 4 is 23.4 Å². The van der Waals surface area contributed by atoms with E-state index >= 15 is 0 Å². The number of anilines is 1. The molecule has 152 valence electrons. The third kappa shape index (κ3) is 7.11. The molecule has 0 aromatic heterocycles. The lowest BCUT2D eigenvalue weighted by molar-refractivity contribution is 0.0126. The fourth-order valence-corrected chi connectivity index (χ4v) is 2.95. The highest BCUT2D eigenvalue weighted by atomic mass is 35.5. The van der Waals surface area contributed by atoms with Gasteiger partial charge >= 0.3 is 6.09 Å². The highest BCUT2D eigenvalue weighted by molar-refractivity contribution is 6.18. The van der Waals surface area contributed by atoms with Crippen molar-refractivity contribution in [2.75, 3.05) is 30.8 Å². The molecule has 6 nitrogen and oxygen atoms in total. The van der Waals surface area contributed by atoms with Crippen LogP contribution in [0.1, 0.15) is 39.2 Å². The molecule has 1 fully saturated rings. The third-order valence-electron chi connectivity index (χ3n) is 4.28. The highest BCUT2D eigenvalue weighted by Gasteiger charge is 2.27. The van der Waals surface area contributed by atoms with Crippen molar-refractivity contribution in [1.82, 2.24) is 4.90 Å². The van der Waals surface area contributed by atoms with Gasteiger partial charge in [-0.2, -0.15) is 0 Å². The Hall–Kier alpha value is -1.66. The number of aliphatic hydroxyl groups is 1. The van der Waals surface area contributed by atoms with E-state index in [1.54, 1.807) is 4.90 Å². The first-order chi connectivity index (χ1) is 12.7. The number of nitrogens with zero attached hydrogens (tertiary/aromatic N) is 1. The van der Waals surface area contributed by atoms with Gasteiger partial charge in [0.1, 0.15) is 17.5 Å². The minimum Gasteiger partial charge on any atom is -0.490 e. The van der Waals surface area contributed by atoms with Crippen molar-refractivity contribution < 1.29 is 19.4 Å². The standard InChI is InChI=1S/C20H31ClN2O4/c1-14-11-15(22-13-16(24)12-21)5-6-18(14)26-17-7-9-23(10-8-17)19(25)27-20(2,3)4/h5-6,11,16-17,22,24H,7-10,12-13H2,1-4H3. The molecule has 1 aliphatic heterocycles. The van der Waals surface area contributed by atoms with Crippen LogP contribution in [0.3, 0.4) is 0 Å². The summed E-state index contributed by atoms with van der Waals surface area (Å²) in [7, 11) is 0. The number of aryl methyl sites for hydroxylation is 1. The average Bonchev–Trinajstić information content (AvgIpc) is 2.60. The van der Waals surface area contributed by atoms with E-state index in [0.29, 0.717) is 19.6 Å². The number of likely N-dealkylation sites (tertiary alicyclic amines) is 1. The SMILES string of the molecule is Cc1cc(NCC(O)CCl)ccc1OC1CCN(C(=O)OC(C)(C)C)CC1. The van der Waals surface area contributed by atoms with E-state index in [1.165, 1.54) is 0 Å². The van der Waals surface area contributed by atoms with E-state index in [0.717, 1.165) is 29.8 Å². The Morgan fingerprint density at radius 1 is 1.37 bits per heavy atom. The van der Waals surface area contributed by atoms with Gasteiger partial charge in [-0.15, -0.1) is 11.6 Å². The monoisotopic (exact) mass is 398 g/mol. The number of benzene rings is 1. The van der Waals surface area contributed by atoms with Crippen molar-refractivity contribution in [3.8, 4) is 5.75 Å². The maximum Gasteiger partial charge on any atom is 0.410 e. The van der Waals surface area contributed by atoms with Gasteiger partial charge in [0.15, 0.2) is 0 Å². The predicted octanol–water partition coefficient (Wildman–Crippen LogP) is 3.78. The number of piperidine rings is 1. The highest BCUT2D eigenvalue weighted by Crippen LogP contribution is 2.26. The van der Waals surface area contributed by atoms with E-state index in [1.807, 2.05) is 45.9 Å². The predicted molar refractivity (Wildman–Crippen MR) is 108 cm³/mol. The Morgan fingerprint density at radius 3 is 2.59 bits per heavy atom. The molecule has 1 unspecified atom stereocenters. The number of hydrogen-bond acceptors (Lipinski definition) is 5. The summed E-state index contributed by atoms with van der Waals surface area (Å²) in [6, 6.07) is 5.86. The van der Waals surface area contributed by atoms with Crippen LogP contribution in [0.4, 0.5) is 10.5 Å². The normalized spacial score (nSPS) is 16.7. The first-order valence-corrected chi connectivity index (χ1v) is 9.94. The topological polar surface area (TPSA) is 71.0 Å². The van der Waals surface area contributed by atoms with E-state index < -0.39 is 11.7 Å². The zero-order chi connectivity index (χ0) is 20.0. The van der Waals surface area contributed by atoms with Crippen LogP contribution in [0, 0.1) is 6.92 Å². The summed E-state index contributed by atoms with van der Waals surface area (Å²) in [4.78, 5) is 13.9. The second-order valence-corrected chi connectivity index (χ2v) is 8.26. The van der Waals surface area contributed by atoms with Gasteiger partial charge in [-0.3, -0.25) is 0 Å². The molecule has 1 saturated heterocycles. The number of aliphatic hydroxyl groups excluding tert-OH is 1. The molecule has 0 saturated carbocycles. The van der Waals surface area contributed by atoms with Crippen LogP contribution in [-0.4, -0.2) is 59.4 Å². The Labute approximate surface area is 166 Å². The van der Waals surface area contributed by atoms with E-state index in [2.05, 4.69) is 5.32 Å². The summed E-state index contributed by atoms with van der Waals surface area (Å²) >= 11 is 5.60. The molecule has 0 spiro atoms. The maximum absolute atomic E-state index is 12.1. The van der Waals surface area contributed by atoms with Crippen molar-refractivity contribution in [2.24, 2.45) is 0 Å². The number of carbonyl (C=O) groups is 1. The number of nitrogens with one attached hydrogen (secondary N) is 1. The first-order valence-electron chi connectivity index (χ1n) is 9.41. The molecule has 1 aromatic carbocycles. The van der Waals surface area contributed by atoms with Crippen LogP contribution in [-0.2, 0) is 4.74 Å². The molecule has 1 amide bonds. The van der Waals surface area contributed by atoms with Crippen LogP contribution >= 0.6 is 11.6 Å². The third-order valence-corrected chi connectivity index (χ3v) is 4.64. The molecule has 2 N–H and O–H groups in total. The first kappa shape index (κ1) is 21.6. The van der Waals surface area contributed by atoms with Crippen LogP contribution in [0.25, 0.3) is 0 Å². The summed E-state index contributed by atoms with van der Waals surface area (Å²) < 4.78 is 11.6. The molecule has 27 heavy (non-hydrogen) atoms. The van der Waals surface area contributed by atoms with E-state index in [-0.39, 0.29) is 18.1 Å². The van der Waals surface area contributed by atoms with Gasteiger partial charge in [-0.25, -0.2) is 4.79 Å². The summed E-state index contributed by atoms with van der Waals surface area (Å²) in [6.45, 7) is 9.29. The minimum absolute atomic E-state index is 0.0827. The molecule has 0 radical (unpaired) electrons. The van der Waals surface area contributed by atoms with Crippen molar-refractivity contribution in [2.45, 2.75) is 58.3 Å². The molecule has 0 aliphatic carbocycles. The summed E-state index contributed by atoms with van der Waals surface area (Å²) in [5.41, 5.74) is 1.47. The van der Waals surface area contributed by atoms with Crippen LogP contribution in [0.5, 0.6) is 5.75 Å². The number of carbonyl (C=O) groups excluding carboxylic acids is 1. The number of ether oxygens (including phenoxy) is 2. The Morgan fingerprint density at radius 2 is 2.04 bits per heavy atom. The molecular formula is C20H31ClN2O4. The summed E-state index contributed by atoms with van der Waals surface area (Å²) in [5.74, 6) is 1.05. The van der Waals surface area contributed by atoms with Gasteiger partial charge in [0.25, 0.3) is 0 Å². The van der Waals surface area contributed by atoms with Crippen LogP contribution in [0.15, 0.2) is 18.2 Å². The second-order valence-electron chi connectivity index (χ2n) is 7.95. The number of hydrogen-bond donors (Lipinski definition) is 2. The molecule has 1 heterocycles. The quantitative estimate of drug-likeness (QED) is 0.713. The number of halogens is 1. The molecule has 1 aliphatic rings. The van der Waals surface area contributed by atoms with Crippen LogP contribution < -0.4 is 10.1 Å². The average molecular weight is 399 g/mol. The van der Waals surface area contributed by atoms with Crippen molar-refractivity contribution in [3.05, 3.63) is 23.8 Å². The number of alkyl halides is 1. The molecule has 2 rings (SSSR count). The lowest BCUT2D eigenvalue weighted by atomic mass is 10.1. The van der Waals surface area contributed by atoms with Crippen LogP contribution in [0.2, 0.25) is 0 Å². The Balaban J connectivity index is 1.83. The van der Waals surface area contributed by atoms with Crippen molar-refractivity contribution in [3.63, 3.8) is 0 Å². The molecule has 1 atom stereocenters. The Bertz CT molecular complexity index is 625. The molecule has 0 bridgehead atoms. The minimum atomic E-state index is -0.571. The van der Waals surface area contributed by atoms with E-state index in [9.17, 15) is 9.90 Å². The zero-order valence-electron chi connectivity index (χ0n) is 16.6. The lowest BCUT2D eigenvalue weighted by Crippen LogP contribution is -2.44. The summed E-state index contributed by atoms with van der Waals surface area (Å²) in [5, 5.41) is 12.7. The maximum atomic E-state index is 12.1. The lowest BCUT2D eigenvalue weighted by Gasteiger charge is -2.33. The van der Waals surface area contributed by atoms with Gasteiger partial charge in [-0.1, -0.05) is 0 Å². The number of rotatable bonds is 6. The second kappa shape index (κ2) is 9.51. The van der Waals surface area contributed by atoms with Gasteiger partial charge in [0, 0.05) is 38.2 Å². The molecule has 1 aromatic rings. The fraction of sp³-hybridized carbons (Fsp3) is 0.650. The fourth-order valence-electron chi connectivity index (χ4n) is 2.84. The van der Waals surface area contributed by atoms with E-state index in [4.69, 9.17) is 21.1 Å². The zero-order valence-corrected chi connectivity index (χ0v) is 17.4. The van der Waals surface area contributed by atoms with Gasteiger partial charge in [0.2, 0.25) is 0 Å². The summed E-state index contributed by atoms with van der Waals surface area (Å²) in [6.07, 6.45) is 0.810. The van der Waals surface area contributed by atoms with Gasteiger partial charge in [-0.05, 0) is 51.5 Å². The molecular weight excluding hydrogens is 368 g/mol. The largest absolute Gasteiger partial charge is 0.490 e. The molecule has 7 heteroatoms. The van der Waals surface area contributed by atoms with Crippen molar-refractivity contribution in [1.29, 1.82) is 0 Å². The number of amides is 1.